The van der Waals surface area contributed by atoms with E-state index in [0.717, 1.165) is 31.6 Å². The van der Waals surface area contributed by atoms with Gasteiger partial charge in [0, 0.05) is 23.3 Å². The molecule has 1 unspecified atom stereocenters. The summed E-state index contributed by atoms with van der Waals surface area (Å²) in [7, 11) is 0. The molecule has 4 heteroatoms. The summed E-state index contributed by atoms with van der Waals surface area (Å²) in [6.07, 6.45) is 1.97. The highest BCUT2D eigenvalue weighted by atomic mass is 35.5. The third-order valence-electron chi connectivity index (χ3n) is 2.93. The van der Waals surface area contributed by atoms with Crippen molar-refractivity contribution in [2.24, 2.45) is 5.92 Å². The van der Waals surface area contributed by atoms with E-state index in [1.807, 2.05) is 6.07 Å². The van der Waals surface area contributed by atoms with E-state index in [1.165, 1.54) is 0 Å². The lowest BCUT2D eigenvalue weighted by Gasteiger charge is -2.27. The number of benzene rings is 1. The van der Waals surface area contributed by atoms with Gasteiger partial charge in [0.1, 0.15) is 0 Å². The van der Waals surface area contributed by atoms with Gasteiger partial charge in [-0.1, -0.05) is 23.2 Å². The molecule has 0 radical (unpaired) electrons. The average Bonchev–Trinajstić information content (AvgIpc) is 2.32. The standard InChI is InChI=1S/C12H13Cl3O/c13-9-1-2-11(14)10(7-9)12(15)8-3-5-16-6-4-8/h1-2,7-8,12H,3-6H2. The fraction of sp³-hybridized carbons (Fsp3) is 0.500. The van der Waals surface area contributed by atoms with E-state index in [9.17, 15) is 0 Å². The maximum Gasteiger partial charge on any atom is 0.0630 e. The van der Waals surface area contributed by atoms with Crippen molar-refractivity contribution >= 4 is 34.8 Å². The summed E-state index contributed by atoms with van der Waals surface area (Å²) in [5.41, 5.74) is 0.933. The van der Waals surface area contributed by atoms with Crippen LogP contribution >= 0.6 is 34.8 Å². The highest BCUT2D eigenvalue weighted by Crippen LogP contribution is 2.39. The monoisotopic (exact) mass is 278 g/mol. The van der Waals surface area contributed by atoms with E-state index in [-0.39, 0.29) is 5.38 Å². The molecule has 88 valence electrons. The summed E-state index contributed by atoms with van der Waals surface area (Å²) in [4.78, 5) is 0. The van der Waals surface area contributed by atoms with Crippen molar-refractivity contribution < 1.29 is 4.74 Å². The summed E-state index contributed by atoms with van der Waals surface area (Å²) in [5, 5.41) is 1.29. The zero-order valence-electron chi connectivity index (χ0n) is 8.76. The van der Waals surface area contributed by atoms with Gasteiger partial charge in [0.15, 0.2) is 0 Å². The Bertz CT molecular complexity index is 361. The van der Waals surface area contributed by atoms with Crippen molar-refractivity contribution in [1.29, 1.82) is 0 Å². The topological polar surface area (TPSA) is 9.23 Å². The van der Waals surface area contributed by atoms with Gasteiger partial charge in [-0.15, -0.1) is 11.6 Å². The van der Waals surface area contributed by atoms with E-state index in [0.29, 0.717) is 16.0 Å². The first-order chi connectivity index (χ1) is 7.68. The zero-order valence-corrected chi connectivity index (χ0v) is 11.0. The molecule has 16 heavy (non-hydrogen) atoms. The van der Waals surface area contributed by atoms with Gasteiger partial charge in [0.25, 0.3) is 0 Å². The lowest BCUT2D eigenvalue weighted by atomic mass is 9.92. The van der Waals surface area contributed by atoms with Crippen LogP contribution in [0.4, 0.5) is 0 Å². The second kappa shape index (κ2) is 5.59. The second-order valence-corrected chi connectivity index (χ2v) is 5.33. The Balaban J connectivity index is 2.18. The number of hydrogen-bond donors (Lipinski definition) is 0. The van der Waals surface area contributed by atoms with Crippen LogP contribution in [-0.4, -0.2) is 13.2 Å². The quantitative estimate of drug-likeness (QED) is 0.713. The predicted octanol–water partition coefficient (Wildman–Crippen LogP) is 4.70. The highest BCUT2D eigenvalue weighted by Gasteiger charge is 2.25. The Morgan fingerprint density at radius 2 is 1.88 bits per heavy atom. The first-order valence-corrected chi connectivity index (χ1v) is 6.54. The molecule has 1 fully saturated rings. The summed E-state index contributed by atoms with van der Waals surface area (Å²) >= 11 is 18.6. The van der Waals surface area contributed by atoms with Crippen molar-refractivity contribution in [3.8, 4) is 0 Å². The lowest BCUT2D eigenvalue weighted by molar-refractivity contribution is 0.0651. The fourth-order valence-electron chi connectivity index (χ4n) is 1.99. The molecule has 1 saturated heterocycles. The van der Waals surface area contributed by atoms with Crippen LogP contribution in [0.5, 0.6) is 0 Å². The van der Waals surface area contributed by atoms with Crippen LogP contribution in [0.1, 0.15) is 23.8 Å². The molecule has 0 bridgehead atoms. The average molecular weight is 280 g/mol. The lowest BCUT2D eigenvalue weighted by Crippen LogP contribution is -2.19. The van der Waals surface area contributed by atoms with Gasteiger partial charge < -0.3 is 4.74 Å². The van der Waals surface area contributed by atoms with Crippen LogP contribution in [0.3, 0.4) is 0 Å². The second-order valence-electron chi connectivity index (χ2n) is 4.02. The predicted molar refractivity (Wildman–Crippen MR) is 68.6 cm³/mol. The molecular formula is C12H13Cl3O. The maximum absolute atomic E-state index is 6.46. The van der Waals surface area contributed by atoms with Crippen molar-refractivity contribution in [1.82, 2.24) is 0 Å². The van der Waals surface area contributed by atoms with Crippen LogP contribution in [0.15, 0.2) is 18.2 Å². The minimum Gasteiger partial charge on any atom is -0.381 e. The number of rotatable bonds is 2. The van der Waals surface area contributed by atoms with Gasteiger partial charge >= 0.3 is 0 Å². The molecule has 1 aromatic carbocycles. The first-order valence-electron chi connectivity index (χ1n) is 5.35. The van der Waals surface area contributed by atoms with Crippen molar-refractivity contribution in [3.05, 3.63) is 33.8 Å². The SMILES string of the molecule is Clc1ccc(Cl)c(C(Cl)C2CCOCC2)c1. The molecule has 0 saturated carbocycles. The van der Waals surface area contributed by atoms with E-state index >= 15 is 0 Å². The largest absolute Gasteiger partial charge is 0.381 e. The molecule has 1 atom stereocenters. The van der Waals surface area contributed by atoms with Gasteiger partial charge in [0.2, 0.25) is 0 Å². The molecule has 0 aliphatic carbocycles. The summed E-state index contributed by atoms with van der Waals surface area (Å²) in [5.74, 6) is 0.423. The van der Waals surface area contributed by atoms with E-state index in [2.05, 4.69) is 0 Å². The molecule has 1 aromatic rings. The fourth-order valence-corrected chi connectivity index (χ4v) is 2.89. The normalized spacial score (nSPS) is 19.7. The van der Waals surface area contributed by atoms with Gasteiger partial charge in [-0.25, -0.2) is 0 Å². The van der Waals surface area contributed by atoms with Gasteiger partial charge in [-0.3, -0.25) is 0 Å². The Labute approximate surface area is 111 Å². The van der Waals surface area contributed by atoms with Gasteiger partial charge in [-0.2, -0.15) is 0 Å². The minimum atomic E-state index is -0.0740. The molecule has 1 nitrogen and oxygen atoms in total. The third-order valence-corrected chi connectivity index (χ3v) is 4.11. The molecule has 1 aliphatic heterocycles. The van der Waals surface area contributed by atoms with E-state index in [4.69, 9.17) is 39.5 Å². The van der Waals surface area contributed by atoms with Crippen LogP contribution in [0.25, 0.3) is 0 Å². The van der Waals surface area contributed by atoms with Crippen LogP contribution < -0.4 is 0 Å². The smallest absolute Gasteiger partial charge is 0.0630 e. The Morgan fingerprint density at radius 3 is 2.56 bits per heavy atom. The minimum absolute atomic E-state index is 0.0740. The maximum atomic E-state index is 6.46. The number of ether oxygens (including phenoxy) is 1. The number of halogens is 3. The van der Waals surface area contributed by atoms with Crippen molar-refractivity contribution in [3.63, 3.8) is 0 Å². The summed E-state index contributed by atoms with van der Waals surface area (Å²) in [6.45, 7) is 1.57. The number of hydrogen-bond acceptors (Lipinski definition) is 1. The third kappa shape index (κ3) is 2.84. The Morgan fingerprint density at radius 1 is 1.19 bits per heavy atom. The highest BCUT2D eigenvalue weighted by molar-refractivity contribution is 6.34. The molecule has 0 N–H and O–H groups in total. The molecule has 0 aromatic heterocycles. The van der Waals surface area contributed by atoms with Crippen molar-refractivity contribution in [2.75, 3.05) is 13.2 Å². The summed E-state index contributed by atoms with van der Waals surface area (Å²) in [6, 6.07) is 5.44. The molecule has 2 rings (SSSR count). The molecule has 1 aliphatic rings. The van der Waals surface area contributed by atoms with Crippen LogP contribution in [0, 0.1) is 5.92 Å². The van der Waals surface area contributed by atoms with Crippen molar-refractivity contribution in [2.45, 2.75) is 18.2 Å². The van der Waals surface area contributed by atoms with E-state index < -0.39 is 0 Å². The molecular weight excluding hydrogens is 266 g/mol. The summed E-state index contributed by atoms with van der Waals surface area (Å²) < 4.78 is 5.32. The Hall–Kier alpha value is 0.0500. The van der Waals surface area contributed by atoms with Crippen LogP contribution in [-0.2, 0) is 4.74 Å². The first kappa shape index (κ1) is 12.5. The molecule has 1 heterocycles. The molecule has 0 spiro atoms. The Kier molecular flexibility index (Phi) is 4.37. The zero-order chi connectivity index (χ0) is 11.5. The van der Waals surface area contributed by atoms with Gasteiger partial charge in [0.05, 0.1) is 5.38 Å². The van der Waals surface area contributed by atoms with E-state index in [1.54, 1.807) is 12.1 Å². The molecule has 0 amide bonds. The van der Waals surface area contributed by atoms with Gasteiger partial charge in [-0.05, 0) is 42.5 Å². The number of alkyl halides is 1. The van der Waals surface area contributed by atoms with Crippen LogP contribution in [0.2, 0.25) is 10.0 Å².